The van der Waals surface area contributed by atoms with Crippen LogP contribution < -0.4 is 10.6 Å². The molecule has 9 heteroatoms. The largest absolute Gasteiger partial charge is 0.451 e. The fourth-order valence-corrected chi connectivity index (χ4v) is 2.33. The smallest absolute Gasteiger partial charge is 0.384 e. The average Bonchev–Trinajstić information content (AvgIpc) is 2.34. The Balaban J connectivity index is 2.47. The van der Waals surface area contributed by atoms with Crippen LogP contribution in [0, 0.1) is 0 Å². The van der Waals surface area contributed by atoms with Gasteiger partial charge in [-0.05, 0) is 13.8 Å². The summed E-state index contributed by atoms with van der Waals surface area (Å²) in [7, 11) is 1.65. The lowest BCUT2D eigenvalue weighted by atomic mass is 9.98. The number of nitrogens with two attached hydrogens (primary N) is 1. The van der Waals surface area contributed by atoms with Gasteiger partial charge in [0.2, 0.25) is 11.7 Å². The molecule has 1 aliphatic rings. The molecule has 0 aliphatic carbocycles. The molecule has 0 bridgehead atoms. The summed E-state index contributed by atoms with van der Waals surface area (Å²) in [6.45, 7) is 4.03. The first kappa shape index (κ1) is 15.3. The second-order valence-electron chi connectivity index (χ2n) is 5.41. The SMILES string of the molecule is CN1CCN(c2cc(N)nc(C(F)(F)F)n2)C(C)(C)C1=O. The van der Waals surface area contributed by atoms with E-state index in [1.54, 1.807) is 20.9 Å². The van der Waals surface area contributed by atoms with E-state index in [2.05, 4.69) is 9.97 Å². The Morgan fingerprint density at radius 2 is 1.90 bits per heavy atom. The first-order chi connectivity index (χ1) is 9.53. The van der Waals surface area contributed by atoms with Crippen LogP contribution in [0.25, 0.3) is 0 Å². The lowest BCUT2D eigenvalue weighted by Crippen LogP contribution is -2.62. The number of alkyl halides is 3. The predicted molar refractivity (Wildman–Crippen MR) is 70.5 cm³/mol. The summed E-state index contributed by atoms with van der Waals surface area (Å²) < 4.78 is 38.3. The molecule has 0 aromatic carbocycles. The van der Waals surface area contributed by atoms with E-state index in [4.69, 9.17) is 5.73 Å². The summed E-state index contributed by atoms with van der Waals surface area (Å²) in [5, 5.41) is 0. The van der Waals surface area contributed by atoms with Crippen molar-refractivity contribution in [2.75, 3.05) is 30.8 Å². The predicted octanol–water partition coefficient (Wildman–Crippen LogP) is 1.13. The van der Waals surface area contributed by atoms with E-state index in [-0.39, 0.29) is 17.5 Å². The maximum atomic E-state index is 12.8. The van der Waals surface area contributed by atoms with E-state index >= 15 is 0 Å². The molecular weight excluding hydrogens is 287 g/mol. The van der Waals surface area contributed by atoms with Crippen molar-refractivity contribution >= 4 is 17.5 Å². The van der Waals surface area contributed by atoms with Gasteiger partial charge in [-0.15, -0.1) is 0 Å². The molecule has 1 aromatic rings. The fourth-order valence-electron chi connectivity index (χ4n) is 2.33. The number of nitrogen functional groups attached to an aromatic ring is 1. The van der Waals surface area contributed by atoms with Gasteiger partial charge in [-0.25, -0.2) is 9.97 Å². The molecule has 0 unspecified atom stereocenters. The summed E-state index contributed by atoms with van der Waals surface area (Å²) in [5.41, 5.74) is 4.44. The second-order valence-corrected chi connectivity index (χ2v) is 5.41. The quantitative estimate of drug-likeness (QED) is 0.842. The zero-order valence-electron chi connectivity index (χ0n) is 11.9. The Labute approximate surface area is 119 Å². The number of carbonyl (C=O) groups excluding carboxylic acids is 1. The van der Waals surface area contributed by atoms with Gasteiger partial charge >= 0.3 is 6.18 Å². The summed E-state index contributed by atoms with van der Waals surface area (Å²) in [6, 6.07) is 1.25. The second kappa shape index (κ2) is 4.74. The maximum absolute atomic E-state index is 12.8. The lowest BCUT2D eigenvalue weighted by Gasteiger charge is -2.45. The van der Waals surface area contributed by atoms with Crippen LogP contribution in [0.1, 0.15) is 19.7 Å². The molecule has 0 radical (unpaired) electrons. The van der Waals surface area contributed by atoms with Gasteiger partial charge in [-0.3, -0.25) is 4.79 Å². The maximum Gasteiger partial charge on any atom is 0.451 e. The van der Waals surface area contributed by atoms with Crippen LogP contribution in [0.5, 0.6) is 0 Å². The number of anilines is 2. The van der Waals surface area contributed by atoms with Crippen molar-refractivity contribution in [3.63, 3.8) is 0 Å². The normalized spacial score (nSPS) is 19.0. The Morgan fingerprint density at radius 3 is 2.48 bits per heavy atom. The van der Waals surface area contributed by atoms with Gasteiger partial charge in [0, 0.05) is 26.2 Å². The van der Waals surface area contributed by atoms with Crippen LogP contribution in [0.15, 0.2) is 6.07 Å². The first-order valence-electron chi connectivity index (χ1n) is 6.28. The van der Waals surface area contributed by atoms with Crippen LogP contribution in [0.4, 0.5) is 24.8 Å². The summed E-state index contributed by atoms with van der Waals surface area (Å²) in [6.07, 6.45) is -4.69. The molecule has 0 spiro atoms. The molecule has 2 N–H and O–H groups in total. The minimum Gasteiger partial charge on any atom is -0.384 e. The van der Waals surface area contributed by atoms with Crippen molar-refractivity contribution in [2.24, 2.45) is 0 Å². The number of piperazine rings is 1. The molecule has 1 saturated heterocycles. The summed E-state index contributed by atoms with van der Waals surface area (Å²) in [5.74, 6) is -1.78. The van der Waals surface area contributed by atoms with Crippen molar-refractivity contribution in [1.82, 2.24) is 14.9 Å². The Morgan fingerprint density at radius 1 is 1.29 bits per heavy atom. The highest BCUT2D eigenvalue weighted by Gasteiger charge is 2.42. The molecule has 1 aliphatic heterocycles. The van der Waals surface area contributed by atoms with Crippen molar-refractivity contribution in [3.05, 3.63) is 11.9 Å². The third-order valence-corrected chi connectivity index (χ3v) is 3.47. The van der Waals surface area contributed by atoms with Gasteiger partial charge < -0.3 is 15.5 Å². The topological polar surface area (TPSA) is 75.3 Å². The lowest BCUT2D eigenvalue weighted by molar-refractivity contribution is -0.144. The van der Waals surface area contributed by atoms with E-state index in [0.29, 0.717) is 13.1 Å². The molecule has 2 heterocycles. The third kappa shape index (κ3) is 2.72. The van der Waals surface area contributed by atoms with E-state index in [1.807, 2.05) is 0 Å². The first-order valence-corrected chi connectivity index (χ1v) is 6.28. The van der Waals surface area contributed by atoms with Gasteiger partial charge in [0.1, 0.15) is 17.2 Å². The molecule has 116 valence electrons. The molecular formula is C12H16F3N5O. The Hall–Kier alpha value is -2.06. The van der Waals surface area contributed by atoms with Crippen LogP contribution in [0.2, 0.25) is 0 Å². The number of hydrogen-bond donors (Lipinski definition) is 1. The van der Waals surface area contributed by atoms with Crippen LogP contribution in [-0.4, -0.2) is 46.5 Å². The standard InChI is InChI=1S/C12H16F3N5O/c1-11(2)10(21)19(3)4-5-20(11)8-6-7(16)17-9(18-8)12(13,14)15/h6H,4-5H2,1-3H3,(H2,16,17,18). The third-order valence-electron chi connectivity index (χ3n) is 3.47. The number of aromatic nitrogens is 2. The summed E-state index contributed by atoms with van der Waals surface area (Å²) in [4.78, 5) is 22.0. The zero-order valence-corrected chi connectivity index (χ0v) is 11.9. The van der Waals surface area contributed by atoms with Gasteiger partial charge in [0.05, 0.1) is 0 Å². The van der Waals surface area contributed by atoms with Crippen molar-refractivity contribution in [2.45, 2.75) is 25.6 Å². The number of rotatable bonds is 1. The van der Waals surface area contributed by atoms with Gasteiger partial charge in [-0.2, -0.15) is 13.2 Å². The van der Waals surface area contributed by atoms with Gasteiger partial charge in [0.15, 0.2) is 0 Å². The molecule has 6 nitrogen and oxygen atoms in total. The fraction of sp³-hybridized carbons (Fsp3) is 0.583. The number of halogens is 3. The molecule has 0 saturated carbocycles. The van der Waals surface area contributed by atoms with E-state index in [1.165, 1.54) is 15.9 Å². The molecule has 1 fully saturated rings. The monoisotopic (exact) mass is 303 g/mol. The highest BCUT2D eigenvalue weighted by atomic mass is 19.4. The summed E-state index contributed by atoms with van der Waals surface area (Å²) >= 11 is 0. The van der Waals surface area contributed by atoms with Crippen LogP contribution in [0.3, 0.4) is 0 Å². The Kier molecular flexibility index (Phi) is 3.46. The van der Waals surface area contributed by atoms with Crippen molar-refractivity contribution in [1.29, 1.82) is 0 Å². The number of nitrogens with zero attached hydrogens (tertiary/aromatic N) is 4. The van der Waals surface area contributed by atoms with Gasteiger partial charge in [0.25, 0.3) is 0 Å². The van der Waals surface area contributed by atoms with Crippen LogP contribution >= 0.6 is 0 Å². The van der Waals surface area contributed by atoms with Crippen LogP contribution in [-0.2, 0) is 11.0 Å². The highest BCUT2D eigenvalue weighted by Crippen LogP contribution is 2.32. The van der Waals surface area contributed by atoms with Crippen molar-refractivity contribution < 1.29 is 18.0 Å². The zero-order chi connectivity index (χ0) is 16.0. The number of amides is 1. The van der Waals surface area contributed by atoms with E-state index < -0.39 is 17.5 Å². The highest BCUT2D eigenvalue weighted by molar-refractivity contribution is 5.90. The number of likely N-dealkylation sites (N-methyl/N-ethyl adjacent to an activating group) is 1. The van der Waals surface area contributed by atoms with Gasteiger partial charge in [-0.1, -0.05) is 0 Å². The van der Waals surface area contributed by atoms with E-state index in [9.17, 15) is 18.0 Å². The Bertz CT molecular complexity index is 573. The minimum absolute atomic E-state index is 0.00118. The molecule has 21 heavy (non-hydrogen) atoms. The molecule has 2 rings (SSSR count). The molecule has 1 amide bonds. The number of carbonyl (C=O) groups is 1. The van der Waals surface area contributed by atoms with E-state index in [0.717, 1.165) is 0 Å². The molecule has 1 aromatic heterocycles. The van der Waals surface area contributed by atoms with Crippen molar-refractivity contribution in [3.8, 4) is 0 Å². The number of hydrogen-bond acceptors (Lipinski definition) is 5. The average molecular weight is 303 g/mol. The minimum atomic E-state index is -4.69. The molecule has 0 atom stereocenters.